The summed E-state index contributed by atoms with van der Waals surface area (Å²) in [6.07, 6.45) is 2.97. The number of carbonyl (C=O) groups excluding carboxylic acids is 1. The van der Waals surface area contributed by atoms with Crippen LogP contribution >= 0.6 is 11.6 Å². The van der Waals surface area contributed by atoms with E-state index in [1.165, 1.54) is 12.4 Å². The first-order valence-electron chi connectivity index (χ1n) is 8.65. The average molecular weight is 397 g/mol. The molecular weight excluding hydrogens is 380 g/mol. The van der Waals surface area contributed by atoms with Gasteiger partial charge in [0.15, 0.2) is 11.5 Å². The third-order valence-electron chi connectivity index (χ3n) is 4.20. The fraction of sp³-hybridized carbons (Fsp3) is 0.150. The van der Waals surface area contributed by atoms with Crippen molar-refractivity contribution < 1.29 is 14.3 Å². The molecule has 28 heavy (non-hydrogen) atoms. The summed E-state index contributed by atoms with van der Waals surface area (Å²) >= 11 is 6.13. The zero-order valence-corrected chi connectivity index (χ0v) is 15.6. The number of ether oxygens (including phenoxy) is 2. The number of nitrogens with zero attached hydrogens (tertiary/aromatic N) is 2. The molecule has 0 atom stereocenters. The molecule has 0 aliphatic carbocycles. The van der Waals surface area contributed by atoms with Gasteiger partial charge < -0.3 is 20.1 Å². The molecule has 2 N–H and O–H groups in total. The highest BCUT2D eigenvalue weighted by atomic mass is 35.5. The molecule has 0 spiro atoms. The number of hydrogen-bond acceptors (Lipinski definition) is 6. The topological polar surface area (TPSA) is 85.4 Å². The van der Waals surface area contributed by atoms with E-state index in [1.54, 1.807) is 0 Å². The van der Waals surface area contributed by atoms with Crippen molar-refractivity contribution >= 4 is 23.5 Å². The van der Waals surface area contributed by atoms with Crippen LogP contribution in [0.3, 0.4) is 0 Å². The fourth-order valence-corrected chi connectivity index (χ4v) is 2.89. The fourth-order valence-electron chi connectivity index (χ4n) is 2.69. The summed E-state index contributed by atoms with van der Waals surface area (Å²) in [4.78, 5) is 20.7. The van der Waals surface area contributed by atoms with E-state index in [-0.39, 0.29) is 12.7 Å². The molecule has 1 aliphatic rings. The molecule has 8 heteroatoms. The number of hydrogen-bond donors (Lipinski definition) is 2. The molecule has 7 nitrogen and oxygen atoms in total. The zero-order chi connectivity index (χ0) is 19.3. The molecule has 0 saturated carbocycles. The third kappa shape index (κ3) is 4.15. The maximum absolute atomic E-state index is 12.3. The van der Waals surface area contributed by atoms with Gasteiger partial charge in [-0.25, -0.2) is 9.97 Å². The van der Waals surface area contributed by atoms with Crippen molar-refractivity contribution in [1.29, 1.82) is 0 Å². The molecule has 4 rings (SSSR count). The molecule has 142 valence electrons. The lowest BCUT2D eigenvalue weighted by Gasteiger charge is -2.08. The standard InChI is InChI=1S/C20H17ClN4O3/c21-16-4-2-1-3-14(16)9-23-20-24-10-15(11-25-20)19(26)22-8-13-5-6-17-18(7-13)28-12-27-17/h1-7,10-11H,8-9,12H2,(H,22,26)(H,23,24,25). The Morgan fingerprint density at radius 3 is 2.64 bits per heavy atom. The zero-order valence-electron chi connectivity index (χ0n) is 14.8. The number of anilines is 1. The van der Waals surface area contributed by atoms with Crippen LogP contribution in [0.25, 0.3) is 0 Å². The first-order valence-corrected chi connectivity index (χ1v) is 9.03. The number of benzene rings is 2. The van der Waals surface area contributed by atoms with E-state index in [0.717, 1.165) is 11.1 Å². The van der Waals surface area contributed by atoms with E-state index in [0.29, 0.717) is 41.1 Å². The summed E-state index contributed by atoms with van der Waals surface area (Å²) in [5.74, 6) is 1.56. The molecule has 3 aromatic rings. The van der Waals surface area contributed by atoms with E-state index in [1.807, 2.05) is 42.5 Å². The quantitative estimate of drug-likeness (QED) is 0.664. The summed E-state index contributed by atoms with van der Waals surface area (Å²) in [7, 11) is 0. The van der Waals surface area contributed by atoms with E-state index >= 15 is 0 Å². The van der Waals surface area contributed by atoms with Crippen molar-refractivity contribution in [2.45, 2.75) is 13.1 Å². The van der Waals surface area contributed by atoms with Gasteiger partial charge in [0.1, 0.15) is 0 Å². The van der Waals surface area contributed by atoms with E-state index in [2.05, 4.69) is 20.6 Å². The van der Waals surface area contributed by atoms with Crippen LogP contribution in [-0.2, 0) is 13.1 Å². The summed E-state index contributed by atoms with van der Waals surface area (Å²) in [6.45, 7) is 1.08. The van der Waals surface area contributed by atoms with Gasteiger partial charge in [-0.1, -0.05) is 35.9 Å². The number of amides is 1. The van der Waals surface area contributed by atoms with Gasteiger partial charge in [-0.2, -0.15) is 0 Å². The Labute approximate surface area is 166 Å². The van der Waals surface area contributed by atoms with Crippen LogP contribution in [-0.4, -0.2) is 22.7 Å². The normalized spacial score (nSPS) is 11.9. The van der Waals surface area contributed by atoms with Crippen LogP contribution in [0.2, 0.25) is 5.02 Å². The Morgan fingerprint density at radius 1 is 1.04 bits per heavy atom. The Hall–Kier alpha value is -3.32. The number of aromatic nitrogens is 2. The van der Waals surface area contributed by atoms with Crippen LogP contribution in [0, 0.1) is 0 Å². The minimum atomic E-state index is -0.254. The molecule has 0 fully saturated rings. The Morgan fingerprint density at radius 2 is 1.82 bits per heavy atom. The largest absolute Gasteiger partial charge is 0.454 e. The number of nitrogens with one attached hydrogen (secondary N) is 2. The maximum Gasteiger partial charge on any atom is 0.254 e. The monoisotopic (exact) mass is 396 g/mol. The van der Waals surface area contributed by atoms with Gasteiger partial charge in [0, 0.05) is 30.5 Å². The van der Waals surface area contributed by atoms with Crippen molar-refractivity contribution in [3.05, 3.63) is 76.6 Å². The van der Waals surface area contributed by atoms with E-state index < -0.39 is 0 Å². The molecule has 0 saturated heterocycles. The minimum Gasteiger partial charge on any atom is -0.454 e. The molecule has 1 aliphatic heterocycles. The van der Waals surface area contributed by atoms with Gasteiger partial charge in [0.05, 0.1) is 5.56 Å². The van der Waals surface area contributed by atoms with Crippen LogP contribution in [0.4, 0.5) is 5.95 Å². The predicted octanol–water partition coefficient (Wildman–Crippen LogP) is 3.40. The molecular formula is C20H17ClN4O3. The highest BCUT2D eigenvalue weighted by Crippen LogP contribution is 2.32. The molecule has 0 unspecified atom stereocenters. The predicted molar refractivity (Wildman–Crippen MR) is 105 cm³/mol. The van der Waals surface area contributed by atoms with Gasteiger partial charge in [0.25, 0.3) is 5.91 Å². The van der Waals surface area contributed by atoms with E-state index in [4.69, 9.17) is 21.1 Å². The summed E-state index contributed by atoms with van der Waals surface area (Å²) < 4.78 is 10.6. The Balaban J connectivity index is 1.32. The third-order valence-corrected chi connectivity index (χ3v) is 4.57. The van der Waals surface area contributed by atoms with Crippen LogP contribution < -0.4 is 20.1 Å². The molecule has 1 aromatic heterocycles. The van der Waals surface area contributed by atoms with Gasteiger partial charge in [-0.15, -0.1) is 0 Å². The lowest BCUT2D eigenvalue weighted by molar-refractivity contribution is 0.0950. The molecule has 2 heterocycles. The van der Waals surface area contributed by atoms with Crippen LogP contribution in [0.1, 0.15) is 21.5 Å². The molecule has 1 amide bonds. The van der Waals surface area contributed by atoms with Crippen molar-refractivity contribution in [3.8, 4) is 11.5 Å². The lowest BCUT2D eigenvalue weighted by atomic mass is 10.2. The smallest absolute Gasteiger partial charge is 0.254 e. The average Bonchev–Trinajstić information content (AvgIpc) is 3.20. The lowest BCUT2D eigenvalue weighted by Crippen LogP contribution is -2.23. The highest BCUT2D eigenvalue weighted by molar-refractivity contribution is 6.31. The van der Waals surface area contributed by atoms with Gasteiger partial charge in [0.2, 0.25) is 12.7 Å². The summed E-state index contributed by atoms with van der Waals surface area (Å²) in [5.41, 5.74) is 2.24. The van der Waals surface area contributed by atoms with E-state index in [9.17, 15) is 4.79 Å². The second-order valence-electron chi connectivity index (χ2n) is 6.11. The molecule has 0 radical (unpaired) electrons. The highest BCUT2D eigenvalue weighted by Gasteiger charge is 2.14. The number of halogens is 1. The van der Waals surface area contributed by atoms with Crippen LogP contribution in [0.15, 0.2) is 54.9 Å². The SMILES string of the molecule is O=C(NCc1ccc2c(c1)OCO2)c1cnc(NCc2ccccc2Cl)nc1. The Bertz CT molecular complexity index is 995. The van der Waals surface area contributed by atoms with Crippen molar-refractivity contribution in [2.75, 3.05) is 12.1 Å². The molecule has 2 aromatic carbocycles. The van der Waals surface area contributed by atoms with Crippen LogP contribution in [0.5, 0.6) is 11.5 Å². The van der Waals surface area contributed by atoms with Crippen molar-refractivity contribution in [2.24, 2.45) is 0 Å². The summed E-state index contributed by atoms with van der Waals surface area (Å²) in [6, 6.07) is 13.1. The first-order chi connectivity index (χ1) is 13.7. The van der Waals surface area contributed by atoms with Crippen molar-refractivity contribution in [3.63, 3.8) is 0 Å². The Kier molecular flexibility index (Phi) is 5.25. The number of carbonyl (C=O) groups is 1. The van der Waals surface area contributed by atoms with Gasteiger partial charge in [-0.3, -0.25) is 4.79 Å². The van der Waals surface area contributed by atoms with Gasteiger partial charge in [-0.05, 0) is 29.3 Å². The second-order valence-corrected chi connectivity index (χ2v) is 6.52. The molecule has 0 bridgehead atoms. The number of rotatable bonds is 6. The number of fused-ring (bicyclic) bond motifs is 1. The maximum atomic E-state index is 12.3. The minimum absolute atomic E-state index is 0.222. The van der Waals surface area contributed by atoms with Gasteiger partial charge >= 0.3 is 0 Å². The summed E-state index contributed by atoms with van der Waals surface area (Å²) in [5, 5.41) is 6.60. The first kappa shape index (κ1) is 18.1. The second kappa shape index (κ2) is 8.14. The van der Waals surface area contributed by atoms with Crippen molar-refractivity contribution in [1.82, 2.24) is 15.3 Å².